The fraction of sp³-hybridized carbons (Fsp3) is 0.250. The molecule has 0 aliphatic heterocycles. The van der Waals surface area contributed by atoms with Gasteiger partial charge in [0.25, 0.3) is 0 Å². The van der Waals surface area contributed by atoms with Crippen molar-refractivity contribution in [3.8, 4) is 0 Å². The molecule has 0 radical (unpaired) electrons. The third kappa shape index (κ3) is 3.62. The minimum Gasteiger partial charge on any atom is -0.289 e. The molecule has 0 N–H and O–H groups in total. The molecule has 1 aromatic rings. The number of ketones is 1. The molecule has 11 heteroatoms. The van der Waals surface area contributed by atoms with E-state index in [2.05, 4.69) is 5.11 Å². The van der Waals surface area contributed by atoms with Gasteiger partial charge >= 0.3 is 18.0 Å². The minimum atomic E-state index is -6.61. The Kier molecular flexibility index (Phi) is 5.06. The lowest BCUT2D eigenvalue weighted by molar-refractivity contribution is -0.344. The van der Waals surface area contributed by atoms with Crippen molar-refractivity contribution in [3.63, 3.8) is 0 Å². The van der Waals surface area contributed by atoms with E-state index in [0.29, 0.717) is 0 Å². The second-order valence-corrected chi connectivity index (χ2v) is 4.10. The molecule has 0 amide bonds. The number of allylic oxidation sites excluding steroid dienone is 2. The number of carbonyl (C=O) groups excluding carboxylic acids is 1. The maximum atomic E-state index is 13.5. The van der Waals surface area contributed by atoms with Crippen LogP contribution in [-0.4, -0.2) is 23.8 Å². The van der Waals surface area contributed by atoms with Crippen molar-refractivity contribution in [2.24, 2.45) is 5.11 Å². The summed E-state index contributed by atoms with van der Waals surface area (Å²) in [5.41, 5.74) is 5.49. The van der Waals surface area contributed by atoms with Crippen LogP contribution >= 0.6 is 0 Å². The first kappa shape index (κ1) is 18.5. The van der Waals surface area contributed by atoms with Gasteiger partial charge in [-0.05, 0) is 11.6 Å². The largest absolute Gasteiger partial charge is 0.460 e. The fourth-order valence-corrected chi connectivity index (χ4v) is 1.38. The molecule has 0 saturated carbocycles. The quantitative estimate of drug-likeness (QED) is 0.188. The van der Waals surface area contributed by atoms with E-state index in [0.717, 1.165) is 12.1 Å². The van der Waals surface area contributed by atoms with Crippen molar-refractivity contribution < 1.29 is 35.5 Å². The van der Waals surface area contributed by atoms with Crippen LogP contribution < -0.4 is 0 Å². The summed E-state index contributed by atoms with van der Waals surface area (Å²) in [4.78, 5) is 13.4. The van der Waals surface area contributed by atoms with Gasteiger partial charge in [-0.3, -0.25) is 4.79 Å². The highest BCUT2D eigenvalue weighted by atomic mass is 19.4. The van der Waals surface area contributed by atoms with Crippen LogP contribution in [-0.2, 0) is 0 Å². The maximum absolute atomic E-state index is 13.5. The molecule has 0 spiro atoms. The summed E-state index contributed by atoms with van der Waals surface area (Å²) in [6, 6.07) is 6.26. The van der Waals surface area contributed by atoms with Gasteiger partial charge in [-0.15, -0.1) is 0 Å². The zero-order valence-corrected chi connectivity index (χ0v) is 10.9. The summed E-state index contributed by atoms with van der Waals surface area (Å²) in [6.07, 6.45) is -6.87. The smallest absolute Gasteiger partial charge is 0.289 e. The van der Waals surface area contributed by atoms with Gasteiger partial charge in [-0.25, -0.2) is 0 Å². The van der Waals surface area contributed by atoms with Crippen LogP contribution in [0, 0.1) is 0 Å². The normalized spacial score (nSPS) is 13.4. The fourth-order valence-electron chi connectivity index (χ4n) is 1.38. The Morgan fingerprint density at radius 2 is 1.57 bits per heavy atom. The van der Waals surface area contributed by atoms with Crippen LogP contribution in [0.3, 0.4) is 0 Å². The molecular formula is C12H6F7N3O. The predicted octanol–water partition coefficient (Wildman–Crippen LogP) is 4.90. The molecule has 0 aliphatic rings. The summed E-state index contributed by atoms with van der Waals surface area (Å²) in [5.74, 6) is -13.8. The Morgan fingerprint density at radius 3 is 2.00 bits per heavy atom. The maximum Gasteiger partial charge on any atom is 0.460 e. The Balaban J connectivity index is 3.39. The van der Waals surface area contributed by atoms with Crippen molar-refractivity contribution in [1.82, 2.24) is 0 Å². The number of halogens is 7. The number of azide groups is 1. The SMILES string of the molecule is [N-]=[N+]=N/C(=C\C(=O)c1ccccc1)C(F)(F)C(F)(F)C(F)(F)F. The lowest BCUT2D eigenvalue weighted by Gasteiger charge is -2.28. The number of benzene rings is 1. The van der Waals surface area contributed by atoms with Gasteiger partial charge in [0, 0.05) is 10.5 Å². The molecule has 1 aromatic carbocycles. The van der Waals surface area contributed by atoms with E-state index in [-0.39, 0.29) is 11.6 Å². The van der Waals surface area contributed by atoms with Gasteiger partial charge in [0.15, 0.2) is 5.78 Å². The van der Waals surface area contributed by atoms with Crippen molar-refractivity contribution >= 4 is 5.78 Å². The van der Waals surface area contributed by atoms with E-state index in [4.69, 9.17) is 5.53 Å². The van der Waals surface area contributed by atoms with Gasteiger partial charge in [-0.2, -0.15) is 30.7 Å². The van der Waals surface area contributed by atoms with Gasteiger partial charge in [0.1, 0.15) is 0 Å². The zero-order valence-electron chi connectivity index (χ0n) is 10.9. The number of nitrogens with zero attached hydrogens (tertiary/aromatic N) is 3. The average Bonchev–Trinajstić information content (AvgIpc) is 2.46. The molecule has 0 unspecified atom stereocenters. The van der Waals surface area contributed by atoms with E-state index < -0.39 is 29.5 Å². The monoisotopic (exact) mass is 341 g/mol. The first-order valence-corrected chi connectivity index (χ1v) is 5.64. The summed E-state index contributed by atoms with van der Waals surface area (Å²) >= 11 is 0. The molecule has 4 nitrogen and oxygen atoms in total. The van der Waals surface area contributed by atoms with Crippen LogP contribution in [0.4, 0.5) is 30.7 Å². The standard InChI is InChI=1S/C12H6F7N3O/c13-10(14,11(15,16)12(17,18)19)9(21-22-20)6-8(23)7-4-2-1-3-5-7/h1-6H/b9-6-. The molecular weight excluding hydrogens is 335 g/mol. The van der Waals surface area contributed by atoms with E-state index in [1.165, 1.54) is 18.2 Å². The van der Waals surface area contributed by atoms with E-state index in [1.807, 2.05) is 0 Å². The Morgan fingerprint density at radius 1 is 1.04 bits per heavy atom. The van der Waals surface area contributed by atoms with E-state index in [9.17, 15) is 35.5 Å². The molecule has 0 bridgehead atoms. The summed E-state index contributed by atoms with van der Waals surface area (Å²) in [5, 5.41) is 2.13. The predicted molar refractivity (Wildman–Crippen MR) is 64.0 cm³/mol. The lowest BCUT2D eigenvalue weighted by atomic mass is 10.0. The molecule has 0 atom stereocenters. The third-order valence-corrected chi connectivity index (χ3v) is 2.55. The molecule has 0 aliphatic carbocycles. The van der Waals surface area contributed by atoms with Gasteiger partial charge in [0.2, 0.25) is 0 Å². The van der Waals surface area contributed by atoms with Crippen molar-refractivity contribution in [2.45, 2.75) is 18.0 Å². The zero-order chi connectivity index (χ0) is 17.9. The summed E-state index contributed by atoms with van der Waals surface area (Å²) in [7, 11) is 0. The Labute approximate surface area is 123 Å². The van der Waals surface area contributed by atoms with Crippen molar-refractivity contribution in [2.75, 3.05) is 0 Å². The van der Waals surface area contributed by atoms with E-state index in [1.54, 1.807) is 4.91 Å². The number of rotatable bonds is 5. The molecule has 23 heavy (non-hydrogen) atoms. The van der Waals surface area contributed by atoms with Crippen LogP contribution in [0.15, 0.2) is 47.2 Å². The van der Waals surface area contributed by atoms with Crippen LogP contribution in [0.1, 0.15) is 10.4 Å². The van der Waals surface area contributed by atoms with Gasteiger partial charge < -0.3 is 0 Å². The second-order valence-electron chi connectivity index (χ2n) is 4.10. The Bertz CT molecular complexity index is 661. The van der Waals surface area contributed by atoms with Crippen LogP contribution in [0.25, 0.3) is 10.4 Å². The first-order valence-electron chi connectivity index (χ1n) is 5.64. The highest BCUT2D eigenvalue weighted by Crippen LogP contribution is 2.50. The highest BCUT2D eigenvalue weighted by molar-refractivity contribution is 6.05. The highest BCUT2D eigenvalue weighted by Gasteiger charge is 2.74. The second kappa shape index (κ2) is 6.29. The molecule has 1 rings (SSSR count). The van der Waals surface area contributed by atoms with E-state index >= 15 is 0 Å². The number of hydrogen-bond acceptors (Lipinski definition) is 2. The molecule has 0 heterocycles. The minimum absolute atomic E-state index is 0.255. The molecule has 0 saturated heterocycles. The first-order chi connectivity index (χ1) is 10.4. The number of hydrogen-bond donors (Lipinski definition) is 0. The summed E-state index contributed by atoms with van der Waals surface area (Å²) in [6.45, 7) is 0. The van der Waals surface area contributed by atoms with Crippen LogP contribution in [0.2, 0.25) is 0 Å². The molecule has 124 valence electrons. The average molecular weight is 341 g/mol. The number of carbonyl (C=O) groups is 1. The van der Waals surface area contributed by atoms with Crippen LogP contribution in [0.5, 0.6) is 0 Å². The topological polar surface area (TPSA) is 65.8 Å². The Hall–Kier alpha value is -2.55. The van der Waals surface area contributed by atoms with Gasteiger partial charge in [0.05, 0.1) is 5.70 Å². The summed E-state index contributed by atoms with van der Waals surface area (Å²) < 4.78 is 89.1. The molecule has 0 fully saturated rings. The molecule has 0 aromatic heterocycles. The number of alkyl halides is 7. The van der Waals surface area contributed by atoms with Crippen molar-refractivity contribution in [3.05, 3.63) is 58.1 Å². The lowest BCUT2D eigenvalue weighted by Crippen LogP contribution is -2.52. The third-order valence-electron chi connectivity index (χ3n) is 2.55. The van der Waals surface area contributed by atoms with Gasteiger partial charge in [-0.1, -0.05) is 35.4 Å². The van der Waals surface area contributed by atoms with Crippen molar-refractivity contribution in [1.29, 1.82) is 0 Å².